The molecule has 22 nitrogen and oxygen atoms in total. The molecule has 0 radical (unpaired) electrons. The molecule has 9 aliphatic carbocycles. The molecule has 0 unspecified atom stereocenters. The SMILES string of the molecule is CC(C)c1nc2c([nH]1)C(=O)C(=O)c1cc(CC(=O)C3CC3)ccc1-2.CC(C)c1nc2c([nH]1)C(=O)C(=O)c1cc(N)ccc1-2.CC(C)c1nc2c(n1C(=O)C1CC1)-c1ccc(CC(=O)C3CC3)cc1C(=O)C2=O.CC(C)c1nc2c(n1C(=O)C1CC1)C(=O)C(=O)c1cc(CC(=O)C3CC3)ccc1-2.ClCCl. The molecule has 5 fully saturated rings. The van der Waals surface area contributed by atoms with Crippen molar-refractivity contribution >= 4 is 104 Å². The number of carbonyl (C=O) groups excluding carboxylic acids is 13. The Bertz CT molecular complexity index is 5070. The molecule has 5 saturated carbocycles. The number of benzene rings is 4. The number of nitrogen functional groups attached to an aromatic ring is 1. The van der Waals surface area contributed by atoms with Gasteiger partial charge in [0.2, 0.25) is 34.9 Å². The second kappa shape index (κ2) is 28.5. The molecule has 4 aromatic carbocycles. The minimum absolute atomic E-state index is 0.0441. The Balaban J connectivity index is 0.000000123. The van der Waals surface area contributed by atoms with Gasteiger partial charge < -0.3 is 15.7 Å². The number of H-pyrrole nitrogens is 2. The van der Waals surface area contributed by atoms with Gasteiger partial charge in [0.15, 0.2) is 0 Å². The van der Waals surface area contributed by atoms with Crippen molar-refractivity contribution in [2.45, 2.75) is 163 Å². The third kappa shape index (κ3) is 14.0. The number of halogens is 2. The van der Waals surface area contributed by atoms with E-state index in [2.05, 4.69) is 29.9 Å². The van der Waals surface area contributed by atoms with Crippen LogP contribution in [0.2, 0.25) is 0 Å². The monoisotopic (exact) mass is 1440 g/mol. The van der Waals surface area contributed by atoms with Gasteiger partial charge in [-0.1, -0.05) is 91.8 Å². The number of carbonyl (C=O) groups is 13. The largest absolute Gasteiger partial charge is 0.399 e. The maximum Gasteiger partial charge on any atom is 0.254 e. The van der Waals surface area contributed by atoms with Crippen LogP contribution in [0.3, 0.4) is 0 Å². The van der Waals surface area contributed by atoms with Gasteiger partial charge in [-0.25, -0.2) is 19.9 Å². The summed E-state index contributed by atoms with van der Waals surface area (Å²) in [5.41, 5.74) is 14.7. The molecular formula is C80H77Cl2N9O13. The summed E-state index contributed by atoms with van der Waals surface area (Å²) in [4.78, 5) is 187. The fourth-order valence-corrected chi connectivity index (χ4v) is 13.4. The van der Waals surface area contributed by atoms with Crippen molar-refractivity contribution in [1.82, 2.24) is 39.0 Å². The lowest BCUT2D eigenvalue weighted by atomic mass is 9.88. The van der Waals surface area contributed by atoms with E-state index >= 15 is 0 Å². The molecule has 534 valence electrons. The minimum atomic E-state index is -0.688. The number of anilines is 1. The van der Waals surface area contributed by atoms with E-state index in [1.54, 1.807) is 53.1 Å². The lowest BCUT2D eigenvalue weighted by Crippen LogP contribution is -2.28. The first kappa shape index (κ1) is 72.2. The first-order valence-electron chi connectivity index (χ1n) is 35.5. The lowest BCUT2D eigenvalue weighted by molar-refractivity contribution is -0.120. The van der Waals surface area contributed by atoms with E-state index in [-0.39, 0.29) is 135 Å². The quantitative estimate of drug-likeness (QED) is 0.0487. The first-order valence-corrected chi connectivity index (χ1v) is 36.5. The number of fused-ring (bicyclic) bond motifs is 12. The molecular weight excluding hydrogens is 1370 g/mol. The maximum absolute atomic E-state index is 13.0. The molecule has 9 aliphatic rings. The Morgan fingerprint density at radius 1 is 0.385 bits per heavy atom. The van der Waals surface area contributed by atoms with Gasteiger partial charge in [0.1, 0.15) is 80.5 Å². The molecule has 4 N–H and O–H groups in total. The highest BCUT2D eigenvalue weighted by Crippen LogP contribution is 2.44. The second-order valence-corrected chi connectivity index (χ2v) is 30.3. The number of hydrogen-bond donors (Lipinski definition) is 3. The number of alkyl halides is 2. The molecule has 0 aliphatic heterocycles. The normalized spacial score (nSPS) is 16.5. The first-order chi connectivity index (χ1) is 49.6. The van der Waals surface area contributed by atoms with Gasteiger partial charge in [-0.05, 0) is 117 Å². The Kier molecular flexibility index (Phi) is 19.7. The van der Waals surface area contributed by atoms with Crippen LogP contribution in [-0.4, -0.2) is 120 Å². The number of Topliss-reactive ketones (excluding diaryl/α,β-unsaturated/α-hetero) is 11. The predicted molar refractivity (Wildman–Crippen MR) is 386 cm³/mol. The molecule has 17 rings (SSSR count). The number of nitrogens with zero attached hydrogens (tertiary/aromatic N) is 6. The molecule has 4 heterocycles. The molecule has 8 aromatic rings. The van der Waals surface area contributed by atoms with E-state index in [1.807, 2.05) is 73.6 Å². The standard InChI is InChI=1S/2C23H22N2O4.C19H18N2O3.C14H13N3O2.CH2Cl2/c1-11(2)22-24-18-19(25(22)23(29)14-6-7-14)15-8-3-12(10-17(26)13-4-5-13)9-16(15)20(27)21(18)28;1-11(2)22-24-18-15-8-3-12(10-17(26)13-4-5-13)9-16(15)20(27)21(28)19(18)25(22)23(29)14-6-7-14;1-9(2)19-20-15-12-6-3-10(8-14(22)11-4-5-11)7-13(12)17(23)18(24)16(15)21-19;1-6(2)14-16-10-8-4-3-7(15)5-9(8)12(18)13(19)11(10)17-14;2-1-3/h2*3,8-9,11,13-14H,4-7,10H2,1-2H3;3,6-7,9,11H,4-5,8H2,1-2H3,(H,20,21);3-6H,15H2,1-2H3,(H,16,17);1H2. The molecule has 4 aromatic heterocycles. The molecule has 0 saturated heterocycles. The van der Waals surface area contributed by atoms with E-state index in [4.69, 9.17) is 28.9 Å². The molecule has 104 heavy (non-hydrogen) atoms. The summed E-state index contributed by atoms with van der Waals surface area (Å²) in [6.45, 7) is 15.6. The predicted octanol–water partition coefficient (Wildman–Crippen LogP) is 13.9. The number of aromatic amines is 2. The second-order valence-electron chi connectivity index (χ2n) is 29.5. The molecule has 0 spiro atoms. The van der Waals surface area contributed by atoms with E-state index < -0.39 is 46.3 Å². The van der Waals surface area contributed by atoms with Crippen molar-refractivity contribution in [2.24, 2.45) is 29.6 Å². The van der Waals surface area contributed by atoms with Crippen molar-refractivity contribution in [2.75, 3.05) is 11.1 Å². The Morgan fingerprint density at radius 3 is 1.10 bits per heavy atom. The minimum Gasteiger partial charge on any atom is -0.399 e. The Morgan fingerprint density at radius 2 is 0.712 bits per heavy atom. The van der Waals surface area contributed by atoms with Crippen LogP contribution in [-0.2, 0) is 33.6 Å². The molecule has 0 amide bonds. The van der Waals surface area contributed by atoms with Crippen LogP contribution >= 0.6 is 23.2 Å². The smallest absolute Gasteiger partial charge is 0.254 e. The van der Waals surface area contributed by atoms with Crippen LogP contribution in [0.4, 0.5) is 5.69 Å². The van der Waals surface area contributed by atoms with Crippen LogP contribution in [0.1, 0.15) is 276 Å². The van der Waals surface area contributed by atoms with Crippen LogP contribution in [0.25, 0.3) is 45.0 Å². The molecule has 0 bridgehead atoms. The van der Waals surface area contributed by atoms with Crippen molar-refractivity contribution < 1.29 is 62.3 Å². The summed E-state index contributed by atoms with van der Waals surface area (Å²) in [5.74, 6) is -1.46. The van der Waals surface area contributed by atoms with Crippen LogP contribution < -0.4 is 5.73 Å². The number of ketones is 11. The van der Waals surface area contributed by atoms with E-state index in [9.17, 15) is 62.3 Å². The highest BCUT2D eigenvalue weighted by Gasteiger charge is 2.45. The summed E-state index contributed by atoms with van der Waals surface area (Å²) in [5, 5.41) is 0.194. The highest BCUT2D eigenvalue weighted by molar-refractivity contribution is 6.54. The lowest BCUT2D eigenvalue weighted by Gasteiger charge is -2.18. The van der Waals surface area contributed by atoms with E-state index in [1.165, 1.54) is 10.6 Å². The van der Waals surface area contributed by atoms with Gasteiger partial charge in [0.05, 0.1) is 11.0 Å². The molecule has 0 atom stereocenters. The zero-order valence-corrected chi connectivity index (χ0v) is 60.4. The topological polar surface area (TPSA) is 341 Å². The summed E-state index contributed by atoms with van der Waals surface area (Å²) in [6.07, 6.45) is 9.84. The number of nitrogens with one attached hydrogen (secondary N) is 2. The van der Waals surface area contributed by atoms with Crippen molar-refractivity contribution in [3.63, 3.8) is 0 Å². The van der Waals surface area contributed by atoms with Crippen molar-refractivity contribution in [3.8, 4) is 45.0 Å². The van der Waals surface area contributed by atoms with Crippen molar-refractivity contribution in [3.05, 3.63) is 158 Å². The fraction of sp³-hybridized carbons (Fsp3) is 0.388. The Hall–Kier alpha value is -10.2. The van der Waals surface area contributed by atoms with Gasteiger partial charge in [-0.3, -0.25) is 71.5 Å². The van der Waals surface area contributed by atoms with Crippen LogP contribution in [0.5, 0.6) is 0 Å². The number of aromatic nitrogens is 8. The van der Waals surface area contributed by atoms with Crippen molar-refractivity contribution in [1.29, 1.82) is 0 Å². The number of rotatable bonds is 15. The Labute approximate surface area is 608 Å². The van der Waals surface area contributed by atoms with Gasteiger partial charge in [-0.15, -0.1) is 23.2 Å². The number of imidazole rings is 4. The van der Waals surface area contributed by atoms with E-state index in [0.717, 1.165) is 80.9 Å². The fourth-order valence-electron chi connectivity index (χ4n) is 13.4. The maximum atomic E-state index is 13.0. The summed E-state index contributed by atoms with van der Waals surface area (Å²) in [7, 11) is 0. The number of nitrogens with two attached hydrogens (primary N) is 1. The van der Waals surface area contributed by atoms with Gasteiger partial charge in [-0.2, -0.15) is 0 Å². The number of hydrogen-bond acceptors (Lipinski definition) is 18. The van der Waals surface area contributed by atoms with Gasteiger partial charge >= 0.3 is 0 Å². The van der Waals surface area contributed by atoms with Crippen LogP contribution in [0, 0.1) is 29.6 Å². The highest BCUT2D eigenvalue weighted by atomic mass is 35.5. The summed E-state index contributed by atoms with van der Waals surface area (Å²) < 4.78 is 2.96. The van der Waals surface area contributed by atoms with Gasteiger partial charge in [0.25, 0.3) is 23.1 Å². The van der Waals surface area contributed by atoms with Gasteiger partial charge in [0, 0.05) is 123 Å². The van der Waals surface area contributed by atoms with E-state index in [0.29, 0.717) is 91.6 Å². The molecule has 24 heteroatoms. The zero-order valence-electron chi connectivity index (χ0n) is 58.8. The van der Waals surface area contributed by atoms with Crippen LogP contribution in [0.15, 0.2) is 72.8 Å². The third-order valence-corrected chi connectivity index (χ3v) is 19.9. The average molecular weight is 1440 g/mol. The average Bonchev–Trinajstić information content (AvgIpc) is 1.57. The summed E-state index contributed by atoms with van der Waals surface area (Å²) in [6, 6.07) is 20.8. The summed E-state index contributed by atoms with van der Waals surface area (Å²) >= 11 is 9.53. The zero-order chi connectivity index (χ0) is 74.3. The third-order valence-electron chi connectivity index (χ3n) is 19.9.